The molecule has 1 saturated heterocycles. The molecule has 0 aromatic carbocycles. The fraction of sp³-hybridized carbons (Fsp3) is 0.700. The lowest BCUT2D eigenvalue weighted by atomic mass is 10.1. The normalized spacial score (nSPS) is 24.9. The van der Waals surface area contributed by atoms with Crippen LogP contribution in [-0.2, 0) is 19.2 Å². The molecule has 17 heavy (non-hydrogen) atoms. The number of carboxylic acids is 1. The summed E-state index contributed by atoms with van der Waals surface area (Å²) in [5, 5.41) is 14.8. The Labute approximate surface area is 97.8 Å². The van der Waals surface area contributed by atoms with Crippen LogP contribution in [0.5, 0.6) is 0 Å². The van der Waals surface area contributed by atoms with E-state index in [1.807, 2.05) is 0 Å². The van der Waals surface area contributed by atoms with E-state index in [4.69, 9.17) is 14.7 Å². The third-order valence-corrected chi connectivity index (χ3v) is 2.78. The molecule has 2 N–H and O–H groups in total. The van der Waals surface area contributed by atoms with Gasteiger partial charge in [-0.25, -0.2) is 4.79 Å². The quantitative estimate of drug-likeness (QED) is 0.696. The van der Waals surface area contributed by atoms with Gasteiger partial charge in [0.15, 0.2) is 5.71 Å². The molecule has 0 aromatic heterocycles. The monoisotopic (exact) mass is 242 g/mol. The Hall–Kier alpha value is -1.63. The SMILES string of the molecule is O=C(O)C1=NOC(C(=O)NC2CCOCC2)C1. The maximum atomic E-state index is 11.7. The zero-order chi connectivity index (χ0) is 12.3. The average Bonchev–Trinajstić information content (AvgIpc) is 2.79. The molecule has 2 heterocycles. The molecule has 0 radical (unpaired) electrons. The van der Waals surface area contributed by atoms with Gasteiger partial charge in [0.2, 0.25) is 6.10 Å². The van der Waals surface area contributed by atoms with Crippen LogP contribution in [0, 0.1) is 0 Å². The van der Waals surface area contributed by atoms with E-state index in [-0.39, 0.29) is 24.1 Å². The van der Waals surface area contributed by atoms with Gasteiger partial charge in [-0.05, 0) is 12.8 Å². The molecule has 1 fully saturated rings. The summed E-state index contributed by atoms with van der Waals surface area (Å²) in [5.74, 6) is -1.46. The molecule has 0 aromatic rings. The lowest BCUT2D eigenvalue weighted by molar-refractivity contribution is -0.132. The maximum absolute atomic E-state index is 11.7. The number of carbonyl (C=O) groups is 2. The van der Waals surface area contributed by atoms with E-state index in [0.717, 1.165) is 12.8 Å². The third kappa shape index (κ3) is 2.94. The van der Waals surface area contributed by atoms with E-state index < -0.39 is 12.1 Å². The first-order valence-electron chi connectivity index (χ1n) is 5.51. The Morgan fingerprint density at radius 2 is 2.06 bits per heavy atom. The first kappa shape index (κ1) is 11.8. The molecule has 1 unspecified atom stereocenters. The van der Waals surface area contributed by atoms with Crippen molar-refractivity contribution < 1.29 is 24.3 Å². The largest absolute Gasteiger partial charge is 0.477 e. The van der Waals surface area contributed by atoms with Crippen LogP contribution in [0.25, 0.3) is 0 Å². The van der Waals surface area contributed by atoms with Crippen molar-refractivity contribution in [1.29, 1.82) is 0 Å². The Bertz CT molecular complexity index is 349. The fourth-order valence-corrected chi connectivity index (χ4v) is 1.78. The summed E-state index contributed by atoms with van der Waals surface area (Å²) < 4.78 is 5.17. The second-order valence-corrected chi connectivity index (χ2v) is 4.04. The van der Waals surface area contributed by atoms with Crippen molar-refractivity contribution in [3.8, 4) is 0 Å². The highest BCUT2D eigenvalue weighted by molar-refractivity contribution is 6.36. The fourth-order valence-electron chi connectivity index (χ4n) is 1.78. The number of nitrogens with zero attached hydrogens (tertiary/aromatic N) is 1. The minimum Gasteiger partial charge on any atom is -0.477 e. The highest BCUT2D eigenvalue weighted by Crippen LogP contribution is 2.13. The molecule has 2 aliphatic rings. The molecular formula is C10H14N2O5. The highest BCUT2D eigenvalue weighted by atomic mass is 16.6. The predicted octanol–water partition coefficient (Wildman–Crippen LogP) is -0.489. The summed E-state index contributed by atoms with van der Waals surface area (Å²) in [5.41, 5.74) is -0.114. The van der Waals surface area contributed by atoms with Gasteiger partial charge in [-0.3, -0.25) is 4.79 Å². The Morgan fingerprint density at radius 1 is 1.35 bits per heavy atom. The number of hydrogen-bond donors (Lipinski definition) is 2. The van der Waals surface area contributed by atoms with E-state index in [1.165, 1.54) is 0 Å². The molecule has 2 aliphatic heterocycles. The molecule has 1 atom stereocenters. The molecule has 94 valence electrons. The summed E-state index contributed by atoms with van der Waals surface area (Å²) in [6, 6.07) is 0.0775. The summed E-state index contributed by atoms with van der Waals surface area (Å²) in [4.78, 5) is 27.1. The van der Waals surface area contributed by atoms with Crippen molar-refractivity contribution in [2.45, 2.75) is 31.4 Å². The van der Waals surface area contributed by atoms with Crippen LogP contribution < -0.4 is 5.32 Å². The molecule has 1 amide bonds. The van der Waals surface area contributed by atoms with Crippen molar-refractivity contribution in [1.82, 2.24) is 5.32 Å². The van der Waals surface area contributed by atoms with E-state index in [2.05, 4.69) is 10.5 Å². The maximum Gasteiger partial charge on any atom is 0.353 e. The van der Waals surface area contributed by atoms with E-state index in [0.29, 0.717) is 13.2 Å². The zero-order valence-corrected chi connectivity index (χ0v) is 9.22. The smallest absolute Gasteiger partial charge is 0.353 e. The number of aliphatic carboxylic acids is 1. The molecular weight excluding hydrogens is 228 g/mol. The van der Waals surface area contributed by atoms with Gasteiger partial charge in [-0.1, -0.05) is 5.16 Å². The third-order valence-electron chi connectivity index (χ3n) is 2.78. The van der Waals surface area contributed by atoms with Crippen molar-refractivity contribution in [3.05, 3.63) is 0 Å². The van der Waals surface area contributed by atoms with Crippen LogP contribution in [0.15, 0.2) is 5.16 Å². The summed E-state index contributed by atoms with van der Waals surface area (Å²) >= 11 is 0. The molecule has 7 heteroatoms. The summed E-state index contributed by atoms with van der Waals surface area (Å²) in [6.45, 7) is 1.26. The molecule has 0 bridgehead atoms. The van der Waals surface area contributed by atoms with Crippen LogP contribution in [0.4, 0.5) is 0 Å². The average molecular weight is 242 g/mol. The lowest BCUT2D eigenvalue weighted by Crippen LogP contribution is -2.44. The van der Waals surface area contributed by atoms with E-state index in [9.17, 15) is 9.59 Å². The van der Waals surface area contributed by atoms with Gasteiger partial charge in [0, 0.05) is 25.7 Å². The number of nitrogens with one attached hydrogen (secondary N) is 1. The van der Waals surface area contributed by atoms with Crippen molar-refractivity contribution in [2.24, 2.45) is 5.16 Å². The van der Waals surface area contributed by atoms with Crippen LogP contribution in [0.2, 0.25) is 0 Å². The number of hydrogen-bond acceptors (Lipinski definition) is 5. The van der Waals surface area contributed by atoms with Crippen LogP contribution in [0.3, 0.4) is 0 Å². The summed E-state index contributed by atoms with van der Waals surface area (Å²) in [7, 11) is 0. The topological polar surface area (TPSA) is 97.2 Å². The number of oxime groups is 1. The van der Waals surface area contributed by atoms with E-state index in [1.54, 1.807) is 0 Å². The standard InChI is InChI=1S/C10H14N2O5/c13-9(11-6-1-3-16-4-2-6)8-5-7(10(14)15)12-17-8/h6,8H,1-5H2,(H,11,13)(H,14,15). The van der Waals surface area contributed by atoms with Gasteiger partial charge in [0.05, 0.1) is 0 Å². The van der Waals surface area contributed by atoms with Gasteiger partial charge >= 0.3 is 5.97 Å². The second kappa shape index (κ2) is 5.13. The van der Waals surface area contributed by atoms with Gasteiger partial charge in [-0.2, -0.15) is 0 Å². The highest BCUT2D eigenvalue weighted by Gasteiger charge is 2.32. The van der Waals surface area contributed by atoms with Crippen molar-refractivity contribution in [2.75, 3.05) is 13.2 Å². The van der Waals surface area contributed by atoms with Gasteiger partial charge in [0.25, 0.3) is 5.91 Å². The Morgan fingerprint density at radius 3 is 2.65 bits per heavy atom. The zero-order valence-electron chi connectivity index (χ0n) is 9.22. The number of rotatable bonds is 3. The molecule has 2 rings (SSSR count). The second-order valence-electron chi connectivity index (χ2n) is 4.04. The van der Waals surface area contributed by atoms with Crippen LogP contribution >= 0.6 is 0 Å². The lowest BCUT2D eigenvalue weighted by Gasteiger charge is -2.23. The van der Waals surface area contributed by atoms with Crippen molar-refractivity contribution in [3.63, 3.8) is 0 Å². The Kier molecular flexibility index (Phi) is 3.58. The van der Waals surface area contributed by atoms with Gasteiger partial charge in [0.1, 0.15) is 0 Å². The Balaban J connectivity index is 1.80. The first-order valence-corrected chi connectivity index (χ1v) is 5.51. The van der Waals surface area contributed by atoms with Gasteiger partial charge < -0.3 is 20.0 Å². The minimum atomic E-state index is -1.15. The van der Waals surface area contributed by atoms with Crippen molar-refractivity contribution >= 4 is 17.6 Å². The van der Waals surface area contributed by atoms with Gasteiger partial charge in [-0.15, -0.1) is 0 Å². The van der Waals surface area contributed by atoms with E-state index >= 15 is 0 Å². The van der Waals surface area contributed by atoms with Crippen LogP contribution in [0.1, 0.15) is 19.3 Å². The molecule has 0 saturated carbocycles. The number of amides is 1. The predicted molar refractivity (Wildman–Crippen MR) is 56.5 cm³/mol. The number of ether oxygens (including phenoxy) is 1. The van der Waals surface area contributed by atoms with Crippen LogP contribution in [-0.4, -0.2) is 48.1 Å². The first-order chi connectivity index (χ1) is 8.16. The molecule has 0 spiro atoms. The number of carbonyl (C=O) groups excluding carboxylic acids is 1. The number of carboxylic acid groups (broad SMARTS) is 1. The molecule has 0 aliphatic carbocycles. The molecule has 7 nitrogen and oxygen atoms in total. The summed E-state index contributed by atoms with van der Waals surface area (Å²) in [6.07, 6.45) is 0.740. The minimum absolute atomic E-state index is 0.0182.